The molecule has 0 radical (unpaired) electrons. The van der Waals surface area contributed by atoms with Crippen molar-refractivity contribution in [2.24, 2.45) is 0 Å². The molecule has 22 heavy (non-hydrogen) atoms. The van der Waals surface area contributed by atoms with Gasteiger partial charge in [-0.1, -0.05) is 41.9 Å². The molecule has 0 aliphatic heterocycles. The summed E-state index contributed by atoms with van der Waals surface area (Å²) in [5.41, 5.74) is 1.25. The topological polar surface area (TPSA) is 20.3 Å². The summed E-state index contributed by atoms with van der Waals surface area (Å²) >= 11 is 7.44. The van der Waals surface area contributed by atoms with E-state index in [0.717, 1.165) is 17.9 Å². The van der Waals surface area contributed by atoms with Gasteiger partial charge in [0.25, 0.3) is 0 Å². The fraction of sp³-hybridized carbons (Fsp3) is 0.278. The lowest BCUT2D eigenvalue weighted by atomic mass is 10.1. The van der Waals surface area contributed by atoms with E-state index in [1.807, 2.05) is 56.4 Å². The third-order valence-electron chi connectivity index (χ3n) is 3.43. The molecule has 0 saturated carbocycles. The van der Waals surface area contributed by atoms with Crippen LogP contribution in [0.4, 0.5) is 0 Å². The second-order valence-corrected chi connectivity index (χ2v) is 7.06. The molecule has 2 nitrogen and oxygen atoms in total. The molecule has 1 unspecified atom stereocenters. The maximum absolute atomic E-state index is 12.4. The third kappa shape index (κ3) is 5.08. The van der Waals surface area contributed by atoms with E-state index in [-0.39, 0.29) is 11.2 Å². The number of thioether (sulfide) groups is 1. The van der Waals surface area contributed by atoms with Crippen LogP contribution in [0.1, 0.15) is 12.5 Å². The molecule has 116 valence electrons. The summed E-state index contributed by atoms with van der Waals surface area (Å²) in [7, 11) is 1.87. The van der Waals surface area contributed by atoms with Crippen molar-refractivity contribution in [1.29, 1.82) is 0 Å². The predicted octanol–water partition coefficient (Wildman–Crippen LogP) is 4.52. The van der Waals surface area contributed by atoms with Gasteiger partial charge in [-0.2, -0.15) is 0 Å². The van der Waals surface area contributed by atoms with Crippen molar-refractivity contribution in [3.63, 3.8) is 0 Å². The quantitative estimate of drug-likeness (QED) is 0.724. The van der Waals surface area contributed by atoms with Crippen molar-refractivity contribution in [3.8, 4) is 0 Å². The van der Waals surface area contributed by atoms with Gasteiger partial charge >= 0.3 is 0 Å². The second kappa shape index (κ2) is 8.25. The average molecular weight is 334 g/mol. The summed E-state index contributed by atoms with van der Waals surface area (Å²) < 4.78 is 0. The molecule has 0 aliphatic carbocycles. The zero-order valence-electron chi connectivity index (χ0n) is 12.8. The minimum atomic E-state index is -0.109. The largest absolute Gasteiger partial charge is 0.344 e. The molecule has 2 aromatic carbocycles. The van der Waals surface area contributed by atoms with Gasteiger partial charge in [-0.25, -0.2) is 0 Å². The van der Waals surface area contributed by atoms with Gasteiger partial charge < -0.3 is 4.90 Å². The molecule has 0 N–H and O–H groups in total. The second-order valence-electron chi connectivity index (χ2n) is 5.21. The van der Waals surface area contributed by atoms with Crippen LogP contribution in [-0.2, 0) is 11.2 Å². The van der Waals surface area contributed by atoms with E-state index >= 15 is 0 Å². The van der Waals surface area contributed by atoms with E-state index < -0.39 is 0 Å². The fourth-order valence-corrected chi connectivity index (χ4v) is 3.24. The number of likely N-dealkylation sites (N-methyl/N-ethyl adjacent to an activating group) is 1. The molecule has 0 spiro atoms. The lowest BCUT2D eigenvalue weighted by molar-refractivity contribution is -0.128. The van der Waals surface area contributed by atoms with Gasteiger partial charge in [0.15, 0.2) is 0 Å². The Bertz CT molecular complexity index is 600. The monoisotopic (exact) mass is 333 g/mol. The van der Waals surface area contributed by atoms with Crippen LogP contribution in [0.15, 0.2) is 59.5 Å². The van der Waals surface area contributed by atoms with Crippen LogP contribution in [0.3, 0.4) is 0 Å². The number of halogens is 1. The first-order chi connectivity index (χ1) is 10.6. The summed E-state index contributed by atoms with van der Waals surface area (Å²) in [4.78, 5) is 15.3. The Balaban J connectivity index is 1.85. The molecule has 0 saturated heterocycles. The summed E-state index contributed by atoms with van der Waals surface area (Å²) in [6.07, 6.45) is 0.876. The van der Waals surface area contributed by atoms with Gasteiger partial charge in [-0.15, -0.1) is 11.8 Å². The lowest BCUT2D eigenvalue weighted by Crippen LogP contribution is -2.34. The molecule has 4 heteroatoms. The molecule has 0 fully saturated rings. The molecule has 2 aromatic rings. The van der Waals surface area contributed by atoms with Crippen LogP contribution in [0.5, 0.6) is 0 Å². The van der Waals surface area contributed by atoms with Gasteiger partial charge in [-0.3, -0.25) is 4.79 Å². The Morgan fingerprint density at radius 1 is 1.14 bits per heavy atom. The number of hydrogen-bond donors (Lipinski definition) is 0. The van der Waals surface area contributed by atoms with Crippen molar-refractivity contribution in [2.45, 2.75) is 23.5 Å². The molecular formula is C18H20ClNOS. The number of rotatable bonds is 6. The standard InChI is InChI=1S/C18H20ClNOS/c1-14(22-17-10-8-16(19)9-11-17)18(21)20(2)13-12-15-6-4-3-5-7-15/h3-11,14H,12-13H2,1-2H3. The van der Waals surface area contributed by atoms with E-state index in [4.69, 9.17) is 11.6 Å². The highest BCUT2D eigenvalue weighted by Gasteiger charge is 2.18. The fourth-order valence-electron chi connectivity index (χ4n) is 2.13. The van der Waals surface area contributed by atoms with Gasteiger partial charge in [0.1, 0.15) is 0 Å². The molecule has 2 rings (SSSR count). The Labute approximate surface area is 141 Å². The Kier molecular flexibility index (Phi) is 6.34. The highest BCUT2D eigenvalue weighted by Crippen LogP contribution is 2.25. The highest BCUT2D eigenvalue weighted by atomic mass is 35.5. The first kappa shape index (κ1) is 16.9. The number of nitrogens with zero attached hydrogens (tertiary/aromatic N) is 1. The Morgan fingerprint density at radius 3 is 2.41 bits per heavy atom. The van der Waals surface area contributed by atoms with E-state index in [0.29, 0.717) is 5.02 Å². The van der Waals surface area contributed by atoms with Gasteiger partial charge in [0.2, 0.25) is 5.91 Å². The van der Waals surface area contributed by atoms with E-state index in [1.54, 1.807) is 16.7 Å². The van der Waals surface area contributed by atoms with Crippen molar-refractivity contribution in [3.05, 3.63) is 65.2 Å². The molecule has 0 aliphatic rings. The summed E-state index contributed by atoms with van der Waals surface area (Å²) in [6, 6.07) is 17.8. The highest BCUT2D eigenvalue weighted by molar-refractivity contribution is 8.00. The van der Waals surface area contributed by atoms with Crippen molar-refractivity contribution < 1.29 is 4.79 Å². The van der Waals surface area contributed by atoms with Crippen LogP contribution in [0.25, 0.3) is 0 Å². The van der Waals surface area contributed by atoms with Crippen LogP contribution in [-0.4, -0.2) is 29.6 Å². The van der Waals surface area contributed by atoms with Crippen LogP contribution >= 0.6 is 23.4 Å². The number of carbonyl (C=O) groups excluding carboxylic acids is 1. The van der Waals surface area contributed by atoms with Crippen molar-refractivity contribution >= 4 is 29.3 Å². The number of carbonyl (C=O) groups is 1. The molecular weight excluding hydrogens is 314 g/mol. The summed E-state index contributed by atoms with van der Waals surface area (Å²) in [5, 5.41) is 0.602. The number of hydrogen-bond acceptors (Lipinski definition) is 2. The summed E-state index contributed by atoms with van der Waals surface area (Å²) in [5.74, 6) is 0.149. The Hall–Kier alpha value is -1.45. The van der Waals surface area contributed by atoms with Crippen molar-refractivity contribution in [2.75, 3.05) is 13.6 Å². The zero-order valence-corrected chi connectivity index (χ0v) is 14.4. The molecule has 1 atom stereocenters. The van der Waals surface area contributed by atoms with Gasteiger partial charge in [0.05, 0.1) is 5.25 Å². The third-order valence-corrected chi connectivity index (χ3v) is 4.78. The predicted molar refractivity (Wildman–Crippen MR) is 94.6 cm³/mol. The molecule has 0 bridgehead atoms. The molecule has 0 heterocycles. The van der Waals surface area contributed by atoms with Gasteiger partial charge in [-0.05, 0) is 43.2 Å². The summed E-state index contributed by atoms with van der Waals surface area (Å²) in [6.45, 7) is 2.68. The van der Waals surface area contributed by atoms with Gasteiger partial charge in [0, 0.05) is 23.5 Å². The first-order valence-corrected chi connectivity index (χ1v) is 8.53. The van der Waals surface area contributed by atoms with Crippen LogP contribution in [0, 0.1) is 0 Å². The SMILES string of the molecule is CC(Sc1ccc(Cl)cc1)C(=O)N(C)CCc1ccccc1. The lowest BCUT2D eigenvalue weighted by Gasteiger charge is -2.21. The normalized spacial score (nSPS) is 12.0. The Morgan fingerprint density at radius 2 is 1.77 bits per heavy atom. The zero-order chi connectivity index (χ0) is 15.9. The van der Waals surface area contributed by atoms with Crippen LogP contribution in [0.2, 0.25) is 5.02 Å². The molecule has 0 aromatic heterocycles. The minimum absolute atomic E-state index is 0.109. The average Bonchev–Trinajstić information content (AvgIpc) is 2.55. The maximum Gasteiger partial charge on any atom is 0.235 e. The van der Waals surface area contributed by atoms with E-state index in [2.05, 4.69) is 12.1 Å². The van der Waals surface area contributed by atoms with E-state index in [1.165, 1.54) is 5.56 Å². The van der Waals surface area contributed by atoms with Crippen molar-refractivity contribution in [1.82, 2.24) is 4.90 Å². The maximum atomic E-state index is 12.4. The van der Waals surface area contributed by atoms with E-state index in [9.17, 15) is 4.79 Å². The van der Waals surface area contributed by atoms with Crippen LogP contribution < -0.4 is 0 Å². The number of benzene rings is 2. The first-order valence-electron chi connectivity index (χ1n) is 7.27. The number of amides is 1. The minimum Gasteiger partial charge on any atom is -0.344 e. The molecule has 1 amide bonds. The smallest absolute Gasteiger partial charge is 0.235 e.